The van der Waals surface area contributed by atoms with Gasteiger partial charge in [-0.2, -0.15) is 0 Å². The number of rotatable bonds is 1. The third kappa shape index (κ3) is 1.40. The van der Waals surface area contributed by atoms with Crippen LogP contribution in [0, 0.1) is 0 Å². The highest BCUT2D eigenvalue weighted by molar-refractivity contribution is 5.15. The monoisotopic (exact) mass is 207 g/mol. The first-order chi connectivity index (χ1) is 7.17. The molecule has 2 aliphatic heterocycles. The number of hydrogen-bond donors (Lipinski definition) is 2. The second-order valence-corrected chi connectivity index (χ2v) is 4.97. The highest BCUT2D eigenvalue weighted by Gasteiger charge is 2.44. The van der Waals surface area contributed by atoms with Crippen molar-refractivity contribution in [3.05, 3.63) is 18.2 Å². The van der Waals surface area contributed by atoms with Gasteiger partial charge in [0.15, 0.2) is 0 Å². The van der Waals surface area contributed by atoms with Gasteiger partial charge in [-0.1, -0.05) is 0 Å². The largest absolute Gasteiger partial charge is 0.383 e. The summed E-state index contributed by atoms with van der Waals surface area (Å²) in [5, 5.41) is 14.2. The van der Waals surface area contributed by atoms with Gasteiger partial charge in [-0.15, -0.1) is 0 Å². The Kier molecular flexibility index (Phi) is 1.91. The molecule has 0 radical (unpaired) electrons. The van der Waals surface area contributed by atoms with E-state index in [-0.39, 0.29) is 0 Å². The Labute approximate surface area is 89.3 Å². The second-order valence-electron chi connectivity index (χ2n) is 4.97. The van der Waals surface area contributed by atoms with E-state index in [0.717, 1.165) is 18.5 Å². The van der Waals surface area contributed by atoms with Crippen LogP contribution < -0.4 is 5.32 Å². The first kappa shape index (κ1) is 9.36. The summed E-state index contributed by atoms with van der Waals surface area (Å²) < 4.78 is 1.94. The topological polar surface area (TPSA) is 50.1 Å². The molecule has 0 saturated carbocycles. The first-order valence-electron chi connectivity index (χ1n) is 5.63. The van der Waals surface area contributed by atoms with Crippen molar-refractivity contribution in [2.45, 2.75) is 43.4 Å². The number of piperidine rings is 1. The summed E-state index contributed by atoms with van der Waals surface area (Å²) in [6.45, 7) is 0. The van der Waals surface area contributed by atoms with Gasteiger partial charge in [-0.3, -0.25) is 0 Å². The molecule has 15 heavy (non-hydrogen) atoms. The smallest absolute Gasteiger partial charge is 0.109 e. The minimum absolute atomic E-state index is 0.489. The molecule has 2 atom stereocenters. The maximum Gasteiger partial charge on any atom is 0.109 e. The lowest BCUT2D eigenvalue weighted by Gasteiger charge is -2.37. The fourth-order valence-electron chi connectivity index (χ4n) is 3.14. The zero-order valence-electron chi connectivity index (χ0n) is 8.98. The van der Waals surface area contributed by atoms with Gasteiger partial charge in [-0.05, 0) is 25.7 Å². The SMILES string of the molecule is Cn1cncc1C1(O)CC2CCC(C1)N2. The molecule has 2 bridgehead atoms. The summed E-state index contributed by atoms with van der Waals surface area (Å²) in [6, 6.07) is 0.979. The summed E-state index contributed by atoms with van der Waals surface area (Å²) in [7, 11) is 1.95. The number of aryl methyl sites for hydroxylation is 1. The van der Waals surface area contributed by atoms with Crippen LogP contribution in [0.5, 0.6) is 0 Å². The fourth-order valence-corrected chi connectivity index (χ4v) is 3.14. The molecular formula is C11H17N3O. The molecular weight excluding hydrogens is 190 g/mol. The molecule has 2 fully saturated rings. The molecule has 1 aromatic rings. The van der Waals surface area contributed by atoms with Gasteiger partial charge in [-0.25, -0.2) is 4.98 Å². The van der Waals surface area contributed by atoms with Crippen LogP contribution in [-0.2, 0) is 12.6 Å². The summed E-state index contributed by atoms with van der Waals surface area (Å²) >= 11 is 0. The number of nitrogens with zero attached hydrogens (tertiary/aromatic N) is 2. The van der Waals surface area contributed by atoms with Gasteiger partial charge in [0.05, 0.1) is 18.2 Å². The zero-order valence-corrected chi connectivity index (χ0v) is 8.98. The summed E-state index contributed by atoms with van der Waals surface area (Å²) in [5.41, 5.74) is 0.295. The van der Waals surface area contributed by atoms with Crippen molar-refractivity contribution in [2.75, 3.05) is 0 Å². The number of fused-ring (bicyclic) bond motifs is 2. The van der Waals surface area contributed by atoms with E-state index in [0.29, 0.717) is 12.1 Å². The summed E-state index contributed by atoms with van der Waals surface area (Å²) in [6.07, 6.45) is 7.60. The predicted molar refractivity (Wildman–Crippen MR) is 56.3 cm³/mol. The molecule has 0 aromatic carbocycles. The van der Waals surface area contributed by atoms with Crippen molar-refractivity contribution in [1.29, 1.82) is 0 Å². The van der Waals surface area contributed by atoms with Crippen molar-refractivity contribution in [3.8, 4) is 0 Å². The molecule has 82 valence electrons. The Morgan fingerprint density at radius 3 is 2.67 bits per heavy atom. The third-order valence-electron chi connectivity index (χ3n) is 3.80. The molecule has 3 heterocycles. The number of nitrogens with one attached hydrogen (secondary N) is 1. The van der Waals surface area contributed by atoms with Crippen LogP contribution in [0.15, 0.2) is 12.5 Å². The van der Waals surface area contributed by atoms with E-state index in [4.69, 9.17) is 0 Å². The Hall–Kier alpha value is -0.870. The highest BCUT2D eigenvalue weighted by Crippen LogP contribution is 2.40. The minimum atomic E-state index is -0.664. The predicted octanol–water partition coefficient (Wildman–Crippen LogP) is 0.522. The number of hydrogen-bond acceptors (Lipinski definition) is 3. The summed E-state index contributed by atoms with van der Waals surface area (Å²) in [5.74, 6) is 0. The normalized spacial score (nSPS) is 39.6. The van der Waals surface area contributed by atoms with Crippen LogP contribution in [0.25, 0.3) is 0 Å². The van der Waals surface area contributed by atoms with E-state index in [2.05, 4.69) is 10.3 Å². The van der Waals surface area contributed by atoms with Gasteiger partial charge in [0.2, 0.25) is 0 Å². The van der Waals surface area contributed by atoms with Crippen molar-refractivity contribution in [1.82, 2.24) is 14.9 Å². The van der Waals surface area contributed by atoms with Gasteiger partial charge >= 0.3 is 0 Å². The molecule has 0 aliphatic carbocycles. The molecule has 2 saturated heterocycles. The average molecular weight is 207 g/mol. The molecule has 1 aromatic heterocycles. The third-order valence-corrected chi connectivity index (χ3v) is 3.80. The van der Waals surface area contributed by atoms with Crippen LogP contribution in [0.4, 0.5) is 0 Å². The molecule has 3 rings (SSSR count). The van der Waals surface area contributed by atoms with Crippen molar-refractivity contribution in [3.63, 3.8) is 0 Å². The van der Waals surface area contributed by atoms with Crippen molar-refractivity contribution < 1.29 is 5.11 Å². The maximum absolute atomic E-state index is 10.7. The van der Waals surface area contributed by atoms with E-state index in [9.17, 15) is 5.11 Å². The number of imidazole rings is 1. The van der Waals surface area contributed by atoms with Crippen LogP contribution in [0.3, 0.4) is 0 Å². The Balaban J connectivity index is 1.94. The standard InChI is InChI=1S/C11H17N3O/c1-14-7-12-6-10(14)11(15)4-8-2-3-9(5-11)13-8/h6-9,13,15H,2-5H2,1H3. The molecule has 0 spiro atoms. The highest BCUT2D eigenvalue weighted by atomic mass is 16.3. The quantitative estimate of drug-likeness (QED) is 0.706. The number of aliphatic hydroxyl groups is 1. The lowest BCUT2D eigenvalue weighted by molar-refractivity contribution is -0.0176. The Morgan fingerprint density at radius 2 is 2.13 bits per heavy atom. The average Bonchev–Trinajstić information content (AvgIpc) is 2.73. The summed E-state index contributed by atoms with van der Waals surface area (Å²) in [4.78, 5) is 4.10. The van der Waals surface area contributed by atoms with E-state index in [1.807, 2.05) is 11.6 Å². The van der Waals surface area contributed by atoms with Crippen LogP contribution in [-0.4, -0.2) is 26.7 Å². The van der Waals surface area contributed by atoms with Crippen molar-refractivity contribution >= 4 is 0 Å². The Morgan fingerprint density at radius 1 is 1.47 bits per heavy atom. The molecule has 4 nitrogen and oxygen atoms in total. The van der Waals surface area contributed by atoms with Crippen molar-refractivity contribution in [2.24, 2.45) is 7.05 Å². The minimum Gasteiger partial charge on any atom is -0.383 e. The molecule has 2 N–H and O–H groups in total. The first-order valence-corrected chi connectivity index (χ1v) is 5.63. The number of aromatic nitrogens is 2. The van der Waals surface area contributed by atoms with E-state index in [1.165, 1.54) is 12.8 Å². The Bertz CT molecular complexity index is 362. The van der Waals surface area contributed by atoms with Gasteiger partial charge in [0.25, 0.3) is 0 Å². The lowest BCUT2D eigenvalue weighted by Crippen LogP contribution is -2.47. The van der Waals surface area contributed by atoms with Gasteiger partial charge in [0.1, 0.15) is 5.60 Å². The van der Waals surface area contributed by atoms with Crippen LogP contribution in [0.1, 0.15) is 31.4 Å². The van der Waals surface area contributed by atoms with E-state index < -0.39 is 5.60 Å². The van der Waals surface area contributed by atoms with Gasteiger partial charge < -0.3 is 15.0 Å². The molecule has 0 amide bonds. The second kappa shape index (κ2) is 3.06. The maximum atomic E-state index is 10.7. The van der Waals surface area contributed by atoms with Crippen LogP contribution >= 0.6 is 0 Å². The lowest BCUT2D eigenvalue weighted by atomic mass is 9.85. The van der Waals surface area contributed by atoms with E-state index in [1.54, 1.807) is 12.5 Å². The van der Waals surface area contributed by atoms with E-state index >= 15 is 0 Å². The molecule has 2 aliphatic rings. The van der Waals surface area contributed by atoms with Gasteiger partial charge in [0, 0.05) is 19.1 Å². The fraction of sp³-hybridized carbons (Fsp3) is 0.727. The molecule has 2 unspecified atom stereocenters. The van der Waals surface area contributed by atoms with Crippen LogP contribution in [0.2, 0.25) is 0 Å². The zero-order chi connectivity index (χ0) is 10.5. The molecule has 4 heteroatoms.